The van der Waals surface area contributed by atoms with Gasteiger partial charge in [-0.3, -0.25) is 0 Å². The van der Waals surface area contributed by atoms with Gasteiger partial charge in [-0.05, 0) is 24.6 Å². The highest BCUT2D eigenvalue weighted by Crippen LogP contribution is 2.29. The van der Waals surface area contributed by atoms with E-state index in [4.69, 9.17) is 10.2 Å². The number of hydrogen-bond donors (Lipinski definition) is 1. The molecule has 0 spiro atoms. The van der Waals surface area contributed by atoms with Crippen molar-refractivity contribution in [1.29, 1.82) is 0 Å². The van der Waals surface area contributed by atoms with Crippen LogP contribution in [0.1, 0.15) is 5.56 Å². The van der Waals surface area contributed by atoms with Gasteiger partial charge in [-0.2, -0.15) is 0 Å². The van der Waals surface area contributed by atoms with Crippen LogP contribution in [0.3, 0.4) is 0 Å². The minimum atomic E-state index is -0.313. The minimum absolute atomic E-state index is 0.313. The molecule has 1 heterocycles. The molecule has 72 valence electrons. The Hall–Kier alpha value is -1.84. The molecule has 0 atom stereocenters. The van der Waals surface area contributed by atoms with Crippen LogP contribution < -0.4 is 5.73 Å². The molecule has 0 bridgehead atoms. The molecule has 1 aromatic heterocycles. The van der Waals surface area contributed by atoms with E-state index in [1.165, 1.54) is 24.6 Å². The van der Waals surface area contributed by atoms with Crippen molar-refractivity contribution in [2.24, 2.45) is 0 Å². The summed E-state index contributed by atoms with van der Waals surface area (Å²) in [6.45, 7) is 1.64. The summed E-state index contributed by atoms with van der Waals surface area (Å²) in [4.78, 5) is 3.94. The first-order valence-corrected chi connectivity index (χ1v) is 4.14. The normalized spacial score (nSPS) is 10.4. The highest BCUT2D eigenvalue weighted by atomic mass is 19.1. The van der Waals surface area contributed by atoms with E-state index in [0.717, 1.165) is 0 Å². The van der Waals surface area contributed by atoms with Gasteiger partial charge in [0.05, 0.1) is 11.8 Å². The van der Waals surface area contributed by atoms with Crippen LogP contribution in [-0.4, -0.2) is 4.98 Å². The molecule has 0 amide bonds. The lowest BCUT2D eigenvalue weighted by molar-refractivity contribution is 0.571. The van der Waals surface area contributed by atoms with E-state index in [2.05, 4.69) is 4.98 Å². The standard InChI is InChI=1S/C10H9FN2O/c1-6-7(11)2-3-8(12)9(6)10-13-4-5-14-10/h2-5H,12H2,1H3. The van der Waals surface area contributed by atoms with Crippen LogP contribution in [0, 0.1) is 12.7 Å². The second-order valence-corrected chi connectivity index (χ2v) is 2.97. The molecule has 0 saturated carbocycles. The number of halogens is 1. The predicted octanol–water partition coefficient (Wildman–Crippen LogP) is 2.37. The number of rotatable bonds is 1. The van der Waals surface area contributed by atoms with Gasteiger partial charge in [0.25, 0.3) is 0 Å². The highest BCUT2D eigenvalue weighted by Gasteiger charge is 2.13. The third-order valence-electron chi connectivity index (χ3n) is 2.08. The molecule has 2 rings (SSSR count). The van der Waals surface area contributed by atoms with Gasteiger partial charge in [-0.25, -0.2) is 9.37 Å². The smallest absolute Gasteiger partial charge is 0.228 e. The fraction of sp³-hybridized carbons (Fsp3) is 0.100. The Morgan fingerprint density at radius 1 is 1.43 bits per heavy atom. The van der Waals surface area contributed by atoms with Crippen LogP contribution in [0.2, 0.25) is 0 Å². The summed E-state index contributed by atoms with van der Waals surface area (Å²) in [5, 5.41) is 0. The van der Waals surface area contributed by atoms with Gasteiger partial charge in [-0.1, -0.05) is 0 Å². The summed E-state index contributed by atoms with van der Waals surface area (Å²) in [6, 6.07) is 2.83. The quantitative estimate of drug-likeness (QED) is 0.705. The molecule has 2 aromatic rings. The number of anilines is 1. The topological polar surface area (TPSA) is 52.0 Å². The van der Waals surface area contributed by atoms with Gasteiger partial charge in [-0.15, -0.1) is 0 Å². The zero-order valence-corrected chi connectivity index (χ0v) is 7.62. The number of benzene rings is 1. The summed E-state index contributed by atoms with van der Waals surface area (Å²) in [7, 11) is 0. The van der Waals surface area contributed by atoms with E-state index in [1.807, 2.05) is 0 Å². The zero-order chi connectivity index (χ0) is 10.1. The molecule has 14 heavy (non-hydrogen) atoms. The Labute approximate surface area is 80.4 Å². The molecule has 0 aliphatic heterocycles. The van der Waals surface area contributed by atoms with E-state index < -0.39 is 0 Å². The van der Waals surface area contributed by atoms with Gasteiger partial charge >= 0.3 is 0 Å². The fourth-order valence-electron chi connectivity index (χ4n) is 1.34. The molecule has 2 N–H and O–H groups in total. The average Bonchev–Trinajstić information content (AvgIpc) is 2.65. The van der Waals surface area contributed by atoms with Crippen molar-refractivity contribution < 1.29 is 8.81 Å². The van der Waals surface area contributed by atoms with Gasteiger partial charge in [0.1, 0.15) is 12.1 Å². The van der Waals surface area contributed by atoms with Gasteiger partial charge in [0.2, 0.25) is 5.89 Å². The minimum Gasteiger partial charge on any atom is -0.444 e. The lowest BCUT2D eigenvalue weighted by Gasteiger charge is -2.05. The lowest BCUT2D eigenvalue weighted by Crippen LogP contribution is -1.95. The third-order valence-corrected chi connectivity index (χ3v) is 2.08. The Kier molecular flexibility index (Phi) is 1.96. The second kappa shape index (κ2) is 3.14. The van der Waals surface area contributed by atoms with E-state index in [9.17, 15) is 4.39 Å². The molecule has 0 radical (unpaired) electrons. The second-order valence-electron chi connectivity index (χ2n) is 2.97. The van der Waals surface area contributed by atoms with E-state index in [-0.39, 0.29) is 5.82 Å². The first-order chi connectivity index (χ1) is 6.70. The molecular weight excluding hydrogens is 183 g/mol. The fourth-order valence-corrected chi connectivity index (χ4v) is 1.34. The molecular formula is C10H9FN2O. The van der Waals surface area contributed by atoms with Crippen molar-refractivity contribution in [3.63, 3.8) is 0 Å². The van der Waals surface area contributed by atoms with Crippen molar-refractivity contribution in [3.8, 4) is 11.5 Å². The number of oxazole rings is 1. The first-order valence-electron chi connectivity index (χ1n) is 4.14. The van der Waals surface area contributed by atoms with Crippen LogP contribution >= 0.6 is 0 Å². The van der Waals surface area contributed by atoms with Crippen molar-refractivity contribution in [2.45, 2.75) is 6.92 Å². The number of aromatic nitrogens is 1. The SMILES string of the molecule is Cc1c(F)ccc(N)c1-c1ncco1. The maximum Gasteiger partial charge on any atom is 0.228 e. The van der Waals surface area contributed by atoms with Crippen molar-refractivity contribution in [2.75, 3.05) is 5.73 Å². The lowest BCUT2D eigenvalue weighted by atomic mass is 10.1. The average molecular weight is 192 g/mol. The van der Waals surface area contributed by atoms with E-state index >= 15 is 0 Å². The summed E-state index contributed by atoms with van der Waals surface area (Å²) >= 11 is 0. The van der Waals surface area contributed by atoms with Gasteiger partial charge < -0.3 is 10.2 Å². The molecule has 0 aliphatic carbocycles. The highest BCUT2D eigenvalue weighted by molar-refractivity contribution is 5.73. The van der Waals surface area contributed by atoms with Crippen molar-refractivity contribution >= 4 is 5.69 Å². The van der Waals surface area contributed by atoms with Crippen LogP contribution in [0.5, 0.6) is 0 Å². The number of nitrogen functional groups attached to an aromatic ring is 1. The molecule has 0 unspecified atom stereocenters. The summed E-state index contributed by atoms with van der Waals surface area (Å²) in [5.74, 6) is 0.0342. The van der Waals surface area contributed by atoms with Crippen molar-refractivity contribution in [1.82, 2.24) is 4.98 Å². The maximum atomic E-state index is 13.2. The molecule has 4 heteroatoms. The number of nitrogens with two attached hydrogens (primary N) is 1. The zero-order valence-electron chi connectivity index (χ0n) is 7.62. The molecule has 0 fully saturated rings. The molecule has 0 aliphatic rings. The Balaban J connectivity index is 2.69. The van der Waals surface area contributed by atoms with Crippen LogP contribution in [0.4, 0.5) is 10.1 Å². The molecule has 1 aromatic carbocycles. The Bertz CT molecular complexity index is 451. The monoisotopic (exact) mass is 192 g/mol. The van der Waals surface area contributed by atoms with Crippen LogP contribution in [0.25, 0.3) is 11.5 Å². The first kappa shape index (κ1) is 8.74. The predicted molar refractivity (Wildman–Crippen MR) is 51.0 cm³/mol. The molecule has 3 nitrogen and oxygen atoms in total. The largest absolute Gasteiger partial charge is 0.444 e. The molecule has 0 saturated heterocycles. The number of nitrogens with zero attached hydrogens (tertiary/aromatic N) is 1. The Morgan fingerprint density at radius 3 is 2.86 bits per heavy atom. The van der Waals surface area contributed by atoms with Gasteiger partial charge in [0.15, 0.2) is 0 Å². The van der Waals surface area contributed by atoms with Gasteiger partial charge in [0, 0.05) is 5.69 Å². The van der Waals surface area contributed by atoms with Crippen LogP contribution in [0.15, 0.2) is 29.0 Å². The van der Waals surface area contributed by atoms with Crippen molar-refractivity contribution in [3.05, 3.63) is 36.0 Å². The number of hydrogen-bond acceptors (Lipinski definition) is 3. The summed E-state index contributed by atoms with van der Waals surface area (Å²) < 4.78 is 18.3. The van der Waals surface area contributed by atoms with E-state index in [0.29, 0.717) is 22.7 Å². The third kappa shape index (κ3) is 1.25. The Morgan fingerprint density at radius 2 is 2.21 bits per heavy atom. The summed E-state index contributed by atoms with van der Waals surface area (Å²) in [6.07, 6.45) is 2.93. The summed E-state index contributed by atoms with van der Waals surface area (Å²) in [5.41, 5.74) is 7.15. The van der Waals surface area contributed by atoms with E-state index in [1.54, 1.807) is 6.92 Å². The maximum absolute atomic E-state index is 13.2. The van der Waals surface area contributed by atoms with Crippen LogP contribution in [-0.2, 0) is 0 Å².